The van der Waals surface area contributed by atoms with Crippen LogP contribution in [-0.2, 0) is 9.53 Å². The number of piperazine rings is 1. The summed E-state index contributed by atoms with van der Waals surface area (Å²) in [6.45, 7) is 0.936. The standard InChI is InChI=1S/C24H24N6O5/c1-29-10-11-30(12-19(29)22(32)33)21(31)20-25-23(28-27-20)26-24(34)35-13-18-16-8-4-2-6-14(16)15-7-3-5-9-17(15)18/h2-9,18-19H,10-13H2,1H3,(H,32,33)(H2,25,26,27,28,34). The molecule has 1 aromatic heterocycles. The number of nitrogens with zero attached hydrogens (tertiary/aromatic N) is 4. The van der Waals surface area contributed by atoms with Crippen LogP contribution in [0.15, 0.2) is 48.5 Å². The highest BCUT2D eigenvalue weighted by Gasteiger charge is 2.34. The van der Waals surface area contributed by atoms with E-state index in [0.717, 1.165) is 22.3 Å². The Balaban J connectivity index is 1.20. The summed E-state index contributed by atoms with van der Waals surface area (Å²) in [4.78, 5) is 43.7. The molecule has 5 rings (SSSR count). The number of rotatable bonds is 5. The van der Waals surface area contributed by atoms with E-state index in [9.17, 15) is 19.5 Å². The van der Waals surface area contributed by atoms with Gasteiger partial charge in [-0.3, -0.25) is 24.9 Å². The summed E-state index contributed by atoms with van der Waals surface area (Å²) in [5.41, 5.74) is 4.45. The number of nitrogens with one attached hydrogen (secondary N) is 2. The van der Waals surface area contributed by atoms with Crippen LogP contribution in [0.3, 0.4) is 0 Å². The van der Waals surface area contributed by atoms with Crippen molar-refractivity contribution in [2.45, 2.75) is 12.0 Å². The first kappa shape index (κ1) is 22.5. The van der Waals surface area contributed by atoms with Crippen molar-refractivity contribution in [3.63, 3.8) is 0 Å². The maximum Gasteiger partial charge on any atom is 0.414 e. The van der Waals surface area contributed by atoms with Gasteiger partial charge in [0.05, 0.1) is 0 Å². The van der Waals surface area contributed by atoms with Crippen LogP contribution in [0.4, 0.5) is 10.7 Å². The Kier molecular flexibility index (Phi) is 5.91. The molecule has 1 atom stereocenters. The highest BCUT2D eigenvalue weighted by atomic mass is 16.5. The molecule has 0 bridgehead atoms. The second-order valence-electron chi connectivity index (χ2n) is 8.54. The van der Waals surface area contributed by atoms with Gasteiger partial charge >= 0.3 is 12.1 Å². The number of aliphatic carboxylic acids is 1. The number of fused-ring (bicyclic) bond motifs is 3. The van der Waals surface area contributed by atoms with Crippen molar-refractivity contribution < 1.29 is 24.2 Å². The number of carbonyl (C=O) groups excluding carboxylic acids is 2. The summed E-state index contributed by atoms with van der Waals surface area (Å²) in [6, 6.07) is 15.3. The number of carboxylic acid groups (broad SMARTS) is 1. The van der Waals surface area contributed by atoms with Gasteiger partial charge in [-0.15, -0.1) is 5.10 Å². The topological polar surface area (TPSA) is 141 Å². The molecule has 1 aliphatic carbocycles. The fourth-order valence-corrected chi connectivity index (χ4v) is 4.61. The Hall–Kier alpha value is -4.25. The molecule has 0 spiro atoms. The van der Waals surface area contributed by atoms with E-state index in [1.54, 1.807) is 11.9 Å². The summed E-state index contributed by atoms with van der Waals surface area (Å²) in [7, 11) is 1.70. The molecular formula is C24H24N6O5. The Morgan fingerprint density at radius 1 is 1.09 bits per heavy atom. The van der Waals surface area contributed by atoms with Crippen LogP contribution in [0.1, 0.15) is 27.7 Å². The molecule has 35 heavy (non-hydrogen) atoms. The maximum absolute atomic E-state index is 12.7. The van der Waals surface area contributed by atoms with Crippen LogP contribution in [0.25, 0.3) is 11.1 Å². The van der Waals surface area contributed by atoms with Crippen molar-refractivity contribution in [1.82, 2.24) is 25.0 Å². The lowest BCUT2D eigenvalue weighted by Gasteiger charge is -2.36. The number of H-pyrrole nitrogens is 1. The molecule has 3 aromatic rings. The Morgan fingerprint density at radius 3 is 2.40 bits per heavy atom. The Morgan fingerprint density at radius 2 is 1.74 bits per heavy atom. The highest BCUT2D eigenvalue weighted by molar-refractivity contribution is 5.92. The van der Waals surface area contributed by atoms with Crippen LogP contribution < -0.4 is 5.32 Å². The number of amides is 2. The maximum atomic E-state index is 12.7. The largest absolute Gasteiger partial charge is 0.480 e. The van der Waals surface area contributed by atoms with E-state index in [-0.39, 0.29) is 30.8 Å². The quantitative estimate of drug-likeness (QED) is 0.508. The first-order valence-corrected chi connectivity index (χ1v) is 11.2. The first-order chi connectivity index (χ1) is 16.9. The fourth-order valence-electron chi connectivity index (χ4n) is 4.61. The smallest absolute Gasteiger partial charge is 0.414 e. The van der Waals surface area contributed by atoms with E-state index < -0.39 is 24.0 Å². The van der Waals surface area contributed by atoms with Gasteiger partial charge in [0.15, 0.2) is 0 Å². The summed E-state index contributed by atoms with van der Waals surface area (Å²) in [5.74, 6) is -1.77. The number of aromatic nitrogens is 3. The zero-order valence-corrected chi connectivity index (χ0v) is 19.0. The van der Waals surface area contributed by atoms with Crippen LogP contribution in [0.5, 0.6) is 0 Å². The molecule has 0 radical (unpaired) electrons. The van der Waals surface area contributed by atoms with E-state index >= 15 is 0 Å². The van der Waals surface area contributed by atoms with E-state index in [0.29, 0.717) is 13.1 Å². The molecule has 2 aliphatic rings. The molecule has 1 saturated heterocycles. The summed E-state index contributed by atoms with van der Waals surface area (Å²) < 4.78 is 5.47. The van der Waals surface area contributed by atoms with Gasteiger partial charge in [0.2, 0.25) is 5.82 Å². The van der Waals surface area contributed by atoms with E-state index in [4.69, 9.17) is 4.74 Å². The summed E-state index contributed by atoms with van der Waals surface area (Å²) >= 11 is 0. The molecule has 180 valence electrons. The summed E-state index contributed by atoms with van der Waals surface area (Å²) in [6.07, 6.45) is -0.740. The lowest BCUT2D eigenvalue weighted by molar-refractivity contribution is -0.144. The molecule has 0 saturated carbocycles. The molecular weight excluding hydrogens is 452 g/mol. The molecule has 3 N–H and O–H groups in total. The third-order valence-corrected chi connectivity index (χ3v) is 6.47. The third kappa shape index (κ3) is 4.33. The minimum atomic E-state index is -1.000. The van der Waals surface area contributed by atoms with Crippen LogP contribution >= 0.6 is 0 Å². The minimum absolute atomic E-state index is 0.0283. The molecule has 1 fully saturated rings. The first-order valence-electron chi connectivity index (χ1n) is 11.2. The second-order valence-corrected chi connectivity index (χ2v) is 8.54. The SMILES string of the molecule is CN1CCN(C(=O)c2nc(NC(=O)OCC3c4ccccc4-c4ccccc43)n[nH]2)CC1C(=O)O. The number of benzene rings is 2. The van der Waals surface area contributed by atoms with Crippen molar-refractivity contribution in [3.8, 4) is 11.1 Å². The van der Waals surface area contributed by atoms with Crippen LogP contribution in [-0.4, -0.2) is 87.4 Å². The summed E-state index contributed by atoms with van der Waals surface area (Å²) in [5, 5.41) is 18.2. The van der Waals surface area contributed by atoms with Crippen LogP contribution in [0.2, 0.25) is 0 Å². The number of hydrogen-bond donors (Lipinski definition) is 3. The molecule has 2 heterocycles. The van der Waals surface area contributed by atoms with Gasteiger partial charge in [-0.05, 0) is 29.3 Å². The van der Waals surface area contributed by atoms with Gasteiger partial charge in [-0.2, -0.15) is 4.98 Å². The van der Waals surface area contributed by atoms with E-state index in [1.807, 2.05) is 36.4 Å². The van der Waals surface area contributed by atoms with Crippen LogP contribution in [0, 0.1) is 0 Å². The highest BCUT2D eigenvalue weighted by Crippen LogP contribution is 2.44. The van der Waals surface area contributed by atoms with Crippen molar-refractivity contribution in [2.24, 2.45) is 0 Å². The zero-order chi connectivity index (χ0) is 24.5. The number of likely N-dealkylation sites (N-methyl/N-ethyl adjacent to an activating group) is 1. The van der Waals surface area contributed by atoms with Crippen molar-refractivity contribution in [1.29, 1.82) is 0 Å². The predicted molar refractivity (Wildman–Crippen MR) is 125 cm³/mol. The van der Waals surface area contributed by atoms with Gasteiger partial charge < -0.3 is 14.7 Å². The molecule has 11 nitrogen and oxygen atoms in total. The second kappa shape index (κ2) is 9.18. The number of aromatic amines is 1. The lowest BCUT2D eigenvalue weighted by atomic mass is 9.98. The van der Waals surface area contributed by atoms with E-state index in [1.165, 1.54) is 4.90 Å². The minimum Gasteiger partial charge on any atom is -0.480 e. The number of anilines is 1. The van der Waals surface area contributed by atoms with Gasteiger partial charge in [-0.1, -0.05) is 48.5 Å². The number of carboxylic acids is 1. The van der Waals surface area contributed by atoms with E-state index in [2.05, 4.69) is 32.6 Å². The van der Waals surface area contributed by atoms with Gasteiger partial charge in [0.25, 0.3) is 11.9 Å². The molecule has 2 aromatic carbocycles. The van der Waals surface area contributed by atoms with Gasteiger partial charge in [0, 0.05) is 25.6 Å². The average Bonchev–Trinajstić information content (AvgIpc) is 3.45. The third-order valence-electron chi connectivity index (χ3n) is 6.47. The van der Waals surface area contributed by atoms with Crippen molar-refractivity contribution in [3.05, 3.63) is 65.5 Å². The normalized spacial score (nSPS) is 17.5. The fraction of sp³-hybridized carbons (Fsp3) is 0.292. The van der Waals surface area contributed by atoms with Gasteiger partial charge in [0.1, 0.15) is 12.6 Å². The number of hydrogen-bond acceptors (Lipinski definition) is 7. The van der Waals surface area contributed by atoms with Crippen molar-refractivity contribution in [2.75, 3.05) is 38.6 Å². The van der Waals surface area contributed by atoms with Crippen molar-refractivity contribution >= 4 is 23.9 Å². The monoisotopic (exact) mass is 476 g/mol. The molecule has 2 amide bonds. The Bertz CT molecular complexity index is 1250. The predicted octanol–water partition coefficient (Wildman–Crippen LogP) is 2.01. The number of carbonyl (C=O) groups is 3. The van der Waals surface area contributed by atoms with Gasteiger partial charge in [-0.25, -0.2) is 4.79 Å². The zero-order valence-electron chi connectivity index (χ0n) is 19.0. The molecule has 1 aliphatic heterocycles. The average molecular weight is 476 g/mol. The Labute approximate surface area is 200 Å². The molecule has 1 unspecified atom stereocenters. The lowest BCUT2D eigenvalue weighted by Crippen LogP contribution is -2.56. The molecule has 11 heteroatoms. The number of ether oxygens (including phenoxy) is 1.